The molecule has 2 aromatic rings. The SMILES string of the molecule is CN(Cc1ccc(N2CCCCC2)cc1)C(=O)c1cc(S(C)(=O)=O)ccc1Cl. The number of carbonyl (C=O) groups excluding carboxylic acids is 1. The lowest BCUT2D eigenvalue weighted by Gasteiger charge is -2.29. The highest BCUT2D eigenvalue weighted by Crippen LogP contribution is 2.24. The lowest BCUT2D eigenvalue weighted by molar-refractivity contribution is 0.0785. The molecular weight excluding hydrogens is 396 g/mol. The molecule has 0 N–H and O–H groups in total. The van der Waals surface area contributed by atoms with Crippen molar-refractivity contribution in [2.24, 2.45) is 0 Å². The summed E-state index contributed by atoms with van der Waals surface area (Å²) >= 11 is 6.15. The van der Waals surface area contributed by atoms with Crippen molar-refractivity contribution < 1.29 is 13.2 Å². The molecule has 7 heteroatoms. The van der Waals surface area contributed by atoms with E-state index in [9.17, 15) is 13.2 Å². The fraction of sp³-hybridized carbons (Fsp3) is 0.381. The molecule has 0 radical (unpaired) electrons. The summed E-state index contributed by atoms with van der Waals surface area (Å²) in [6.45, 7) is 2.60. The van der Waals surface area contributed by atoms with Crippen LogP contribution in [-0.4, -0.2) is 45.6 Å². The molecule has 0 unspecified atom stereocenters. The Morgan fingerprint density at radius 2 is 1.71 bits per heavy atom. The first-order chi connectivity index (χ1) is 13.3. The summed E-state index contributed by atoms with van der Waals surface area (Å²) < 4.78 is 23.5. The van der Waals surface area contributed by atoms with Gasteiger partial charge in [0.15, 0.2) is 9.84 Å². The zero-order chi connectivity index (χ0) is 20.3. The lowest BCUT2D eigenvalue weighted by atomic mass is 10.1. The van der Waals surface area contributed by atoms with Gasteiger partial charge in [0.1, 0.15) is 0 Å². The molecule has 0 atom stereocenters. The van der Waals surface area contributed by atoms with Gasteiger partial charge in [-0.3, -0.25) is 4.79 Å². The van der Waals surface area contributed by atoms with E-state index in [2.05, 4.69) is 17.0 Å². The van der Waals surface area contributed by atoms with Crippen molar-refractivity contribution in [1.82, 2.24) is 4.90 Å². The number of rotatable bonds is 5. The third-order valence-electron chi connectivity index (χ3n) is 5.02. The smallest absolute Gasteiger partial charge is 0.255 e. The number of nitrogens with zero attached hydrogens (tertiary/aromatic N) is 2. The summed E-state index contributed by atoms with van der Waals surface area (Å²) in [5, 5.41) is 0.240. The fourth-order valence-electron chi connectivity index (χ4n) is 3.41. The van der Waals surface area contributed by atoms with Crippen molar-refractivity contribution in [3.8, 4) is 0 Å². The maximum Gasteiger partial charge on any atom is 0.255 e. The predicted molar refractivity (Wildman–Crippen MR) is 113 cm³/mol. The molecule has 1 aliphatic heterocycles. The number of hydrogen-bond acceptors (Lipinski definition) is 4. The summed E-state index contributed by atoms with van der Waals surface area (Å²) in [4.78, 5) is 16.8. The van der Waals surface area contributed by atoms with E-state index in [1.54, 1.807) is 11.9 Å². The van der Waals surface area contributed by atoms with Crippen molar-refractivity contribution in [3.05, 3.63) is 58.6 Å². The first-order valence-corrected chi connectivity index (χ1v) is 11.6. The Balaban J connectivity index is 1.72. The van der Waals surface area contributed by atoms with Crippen LogP contribution in [-0.2, 0) is 16.4 Å². The van der Waals surface area contributed by atoms with Crippen LogP contribution in [0.5, 0.6) is 0 Å². The van der Waals surface area contributed by atoms with E-state index in [0.29, 0.717) is 6.54 Å². The summed E-state index contributed by atoms with van der Waals surface area (Å²) in [5.74, 6) is -0.310. The fourth-order valence-corrected chi connectivity index (χ4v) is 4.26. The maximum atomic E-state index is 12.8. The number of anilines is 1. The van der Waals surface area contributed by atoms with Gasteiger partial charge in [0.2, 0.25) is 0 Å². The second-order valence-electron chi connectivity index (χ2n) is 7.29. The van der Waals surface area contributed by atoms with Crippen molar-refractivity contribution >= 4 is 33.0 Å². The maximum absolute atomic E-state index is 12.8. The zero-order valence-electron chi connectivity index (χ0n) is 16.2. The first-order valence-electron chi connectivity index (χ1n) is 9.34. The van der Waals surface area contributed by atoms with Crippen LogP contribution in [0, 0.1) is 0 Å². The molecule has 150 valence electrons. The quantitative estimate of drug-likeness (QED) is 0.733. The standard InChI is InChI=1S/C21H25ClN2O3S/c1-23(21(25)19-14-18(28(2,26)27)10-11-20(19)22)15-16-6-8-17(9-7-16)24-12-4-3-5-13-24/h6-11,14H,3-5,12-13,15H2,1-2H3. The van der Waals surface area contributed by atoms with Gasteiger partial charge >= 0.3 is 0 Å². The van der Waals surface area contributed by atoms with Gasteiger partial charge in [0.25, 0.3) is 5.91 Å². The molecule has 0 spiro atoms. The van der Waals surface area contributed by atoms with Crippen LogP contribution in [0.15, 0.2) is 47.4 Å². The molecule has 2 aromatic carbocycles. The highest BCUT2D eigenvalue weighted by atomic mass is 35.5. The Morgan fingerprint density at radius 3 is 2.32 bits per heavy atom. The average molecular weight is 421 g/mol. The number of piperidine rings is 1. The minimum atomic E-state index is -3.41. The number of carbonyl (C=O) groups is 1. The summed E-state index contributed by atoms with van der Waals surface area (Å²) in [6, 6.07) is 12.5. The molecule has 1 amide bonds. The highest BCUT2D eigenvalue weighted by molar-refractivity contribution is 7.90. The number of sulfone groups is 1. The van der Waals surface area contributed by atoms with E-state index in [1.807, 2.05) is 12.1 Å². The van der Waals surface area contributed by atoms with Crippen molar-refractivity contribution in [2.75, 3.05) is 31.3 Å². The largest absolute Gasteiger partial charge is 0.372 e. The van der Waals surface area contributed by atoms with Crippen LogP contribution in [0.1, 0.15) is 35.2 Å². The third-order valence-corrected chi connectivity index (χ3v) is 6.46. The molecule has 0 aromatic heterocycles. The Labute approximate surface area is 171 Å². The average Bonchev–Trinajstić information content (AvgIpc) is 2.68. The Morgan fingerprint density at radius 1 is 1.07 bits per heavy atom. The van der Waals surface area contributed by atoms with Crippen molar-refractivity contribution in [2.45, 2.75) is 30.7 Å². The summed E-state index contributed by atoms with van der Waals surface area (Å²) in [7, 11) is -1.72. The second kappa shape index (κ2) is 8.53. The van der Waals surface area contributed by atoms with Crippen molar-refractivity contribution in [1.29, 1.82) is 0 Å². The number of halogens is 1. The molecule has 28 heavy (non-hydrogen) atoms. The number of hydrogen-bond donors (Lipinski definition) is 0. The van der Waals surface area contributed by atoms with E-state index in [1.165, 1.54) is 43.1 Å². The van der Waals surface area contributed by atoms with E-state index < -0.39 is 9.84 Å². The van der Waals surface area contributed by atoms with Gasteiger partial charge in [-0.2, -0.15) is 0 Å². The molecule has 0 saturated carbocycles. The van der Waals surface area contributed by atoms with Gasteiger partial charge in [0.05, 0.1) is 15.5 Å². The van der Waals surface area contributed by atoms with Gasteiger partial charge in [-0.15, -0.1) is 0 Å². The first kappa shape index (κ1) is 20.7. The van der Waals surface area contributed by atoms with Gasteiger partial charge in [0, 0.05) is 38.6 Å². The lowest BCUT2D eigenvalue weighted by Crippen LogP contribution is -2.29. The summed E-state index contributed by atoms with van der Waals surface area (Å²) in [6.07, 6.45) is 4.86. The Kier molecular flexibility index (Phi) is 6.30. The topological polar surface area (TPSA) is 57.7 Å². The van der Waals surface area contributed by atoms with Gasteiger partial charge < -0.3 is 9.80 Å². The van der Waals surface area contributed by atoms with E-state index in [0.717, 1.165) is 24.9 Å². The van der Waals surface area contributed by atoms with Crippen LogP contribution < -0.4 is 4.90 Å². The van der Waals surface area contributed by atoms with E-state index >= 15 is 0 Å². The van der Waals surface area contributed by atoms with E-state index in [4.69, 9.17) is 11.6 Å². The van der Waals surface area contributed by atoms with Crippen LogP contribution in [0.3, 0.4) is 0 Å². The molecule has 3 rings (SSSR count). The predicted octanol–water partition coefficient (Wildman–Crippen LogP) is 4.01. The van der Waals surface area contributed by atoms with E-state index in [-0.39, 0.29) is 21.4 Å². The summed E-state index contributed by atoms with van der Waals surface area (Å²) in [5.41, 5.74) is 2.41. The van der Waals surface area contributed by atoms with Crippen LogP contribution >= 0.6 is 11.6 Å². The van der Waals surface area contributed by atoms with Crippen molar-refractivity contribution in [3.63, 3.8) is 0 Å². The van der Waals surface area contributed by atoms with Gasteiger partial charge in [-0.05, 0) is 55.2 Å². The van der Waals surface area contributed by atoms with Crippen LogP contribution in [0.4, 0.5) is 5.69 Å². The second-order valence-corrected chi connectivity index (χ2v) is 9.71. The number of amides is 1. The minimum absolute atomic E-state index is 0.0829. The molecular formula is C21H25ClN2O3S. The molecule has 1 saturated heterocycles. The number of benzene rings is 2. The molecule has 1 fully saturated rings. The zero-order valence-corrected chi connectivity index (χ0v) is 17.8. The molecule has 5 nitrogen and oxygen atoms in total. The molecule has 0 bridgehead atoms. The minimum Gasteiger partial charge on any atom is -0.372 e. The van der Waals surface area contributed by atoms with Gasteiger partial charge in [-0.1, -0.05) is 23.7 Å². The molecule has 0 aliphatic carbocycles. The third kappa shape index (κ3) is 4.86. The van der Waals surface area contributed by atoms with Crippen LogP contribution in [0.25, 0.3) is 0 Å². The van der Waals surface area contributed by atoms with Gasteiger partial charge in [-0.25, -0.2) is 8.42 Å². The highest BCUT2D eigenvalue weighted by Gasteiger charge is 2.19. The Hall–Kier alpha value is -2.05. The molecule has 1 aliphatic rings. The Bertz CT molecular complexity index is 952. The normalized spacial score (nSPS) is 14.8. The monoisotopic (exact) mass is 420 g/mol. The molecule has 1 heterocycles. The van der Waals surface area contributed by atoms with Crippen LogP contribution in [0.2, 0.25) is 5.02 Å².